The first-order valence-corrected chi connectivity index (χ1v) is 13.2. The lowest BCUT2D eigenvalue weighted by Crippen LogP contribution is -2.40. The number of halogens is 2. The predicted molar refractivity (Wildman–Crippen MR) is 139 cm³/mol. The van der Waals surface area contributed by atoms with E-state index in [0.717, 1.165) is 30.8 Å². The largest absolute Gasteiger partial charge is 0.489 e. The zero-order valence-corrected chi connectivity index (χ0v) is 21.3. The van der Waals surface area contributed by atoms with Crippen LogP contribution in [0, 0.1) is 11.3 Å². The van der Waals surface area contributed by atoms with Crippen molar-refractivity contribution in [2.75, 3.05) is 38.9 Å². The minimum atomic E-state index is 0.302. The molecule has 0 radical (unpaired) electrons. The molecule has 0 bridgehead atoms. The quantitative estimate of drug-likeness (QED) is 0.281. The van der Waals surface area contributed by atoms with Gasteiger partial charge in [0, 0.05) is 42.9 Å². The fraction of sp³-hybridized carbons (Fsp3) is 0.400. The molecule has 1 aliphatic heterocycles. The Morgan fingerprint density at radius 3 is 2.70 bits per heavy atom. The molecule has 1 saturated heterocycles. The lowest BCUT2D eigenvalue weighted by atomic mass is 10.0. The molecular formula is C25H28Cl2N4OS. The number of aromatic nitrogens is 1. The van der Waals surface area contributed by atoms with Crippen molar-refractivity contribution in [2.45, 2.75) is 25.4 Å². The maximum absolute atomic E-state index is 9.59. The summed E-state index contributed by atoms with van der Waals surface area (Å²) in [4.78, 5) is 2.54. The highest BCUT2D eigenvalue weighted by molar-refractivity contribution is 7.96. The van der Waals surface area contributed by atoms with Crippen LogP contribution >= 0.6 is 35.1 Å². The Hall–Kier alpha value is -1.88. The summed E-state index contributed by atoms with van der Waals surface area (Å²) in [5.41, 5.74) is 3.63. The summed E-state index contributed by atoms with van der Waals surface area (Å²) in [5.74, 6) is 0.718. The van der Waals surface area contributed by atoms with Crippen LogP contribution in [0.3, 0.4) is 0 Å². The molecule has 33 heavy (non-hydrogen) atoms. The molecule has 5 nitrogen and oxygen atoms in total. The van der Waals surface area contributed by atoms with Crippen molar-refractivity contribution < 1.29 is 4.74 Å². The van der Waals surface area contributed by atoms with E-state index in [1.165, 1.54) is 23.8 Å². The Bertz CT molecular complexity index is 1150. The number of likely N-dealkylation sites (tertiary alicyclic amines) is 1. The molecule has 0 unspecified atom stereocenters. The van der Waals surface area contributed by atoms with Gasteiger partial charge in [0.05, 0.1) is 22.0 Å². The third kappa shape index (κ3) is 5.45. The van der Waals surface area contributed by atoms with Crippen LogP contribution in [0.25, 0.3) is 16.6 Å². The fourth-order valence-corrected chi connectivity index (χ4v) is 5.31. The average Bonchev–Trinajstić information content (AvgIpc) is 3.26. The van der Waals surface area contributed by atoms with E-state index in [2.05, 4.69) is 57.4 Å². The summed E-state index contributed by atoms with van der Waals surface area (Å²) in [5, 5.41) is 11.2. The van der Waals surface area contributed by atoms with Crippen molar-refractivity contribution >= 4 is 46.1 Å². The highest BCUT2D eigenvalue weighted by atomic mass is 35.5. The molecule has 174 valence electrons. The number of nitriles is 1. The standard InChI is InChI=1S/C25H28Cl2N4OS/c1-29(33-2)21-6-9-30(10-7-21)17-18-3-4-24-19(13-18)5-11-31(24)22-14-20(16-28)25(23(27)15-22)32-12-8-26/h3-5,11,13-15,21H,6-10,12,17H2,1-2H3. The second-order valence-electron chi connectivity index (χ2n) is 8.27. The molecule has 8 heteroatoms. The Morgan fingerprint density at radius 2 is 2.00 bits per heavy atom. The van der Waals surface area contributed by atoms with Crippen molar-refractivity contribution in [3.05, 3.63) is 58.7 Å². The van der Waals surface area contributed by atoms with Crippen molar-refractivity contribution in [3.63, 3.8) is 0 Å². The highest BCUT2D eigenvalue weighted by Gasteiger charge is 2.22. The molecule has 1 fully saturated rings. The molecule has 0 aliphatic carbocycles. The number of hydrogen-bond acceptors (Lipinski definition) is 5. The van der Waals surface area contributed by atoms with Crippen LogP contribution in [0.5, 0.6) is 5.75 Å². The van der Waals surface area contributed by atoms with Crippen LogP contribution in [-0.2, 0) is 6.54 Å². The summed E-state index contributed by atoms with van der Waals surface area (Å²) in [7, 11) is 2.19. The van der Waals surface area contributed by atoms with Gasteiger partial charge in [0.1, 0.15) is 12.7 Å². The maximum Gasteiger partial charge on any atom is 0.155 e. The first kappa shape index (κ1) is 24.3. The lowest BCUT2D eigenvalue weighted by molar-refractivity contribution is 0.169. The Balaban J connectivity index is 1.52. The SMILES string of the molecule is CSN(C)C1CCN(Cc2ccc3c(ccn3-c3cc(Cl)c(OCCCl)c(C#N)c3)c2)CC1. The van der Waals surface area contributed by atoms with Crippen LogP contribution in [0.2, 0.25) is 5.02 Å². The first-order valence-electron chi connectivity index (χ1n) is 11.1. The van der Waals surface area contributed by atoms with E-state index in [4.69, 9.17) is 27.9 Å². The van der Waals surface area contributed by atoms with Crippen LogP contribution in [-0.4, -0.2) is 58.7 Å². The lowest BCUT2D eigenvalue weighted by Gasteiger charge is -2.35. The number of fused-ring (bicyclic) bond motifs is 1. The maximum atomic E-state index is 9.59. The van der Waals surface area contributed by atoms with Gasteiger partial charge < -0.3 is 9.30 Å². The molecule has 0 saturated carbocycles. The van der Waals surface area contributed by atoms with Crippen LogP contribution in [0.15, 0.2) is 42.6 Å². The molecule has 1 aromatic heterocycles. The van der Waals surface area contributed by atoms with E-state index >= 15 is 0 Å². The van der Waals surface area contributed by atoms with E-state index in [1.807, 2.05) is 24.2 Å². The van der Waals surface area contributed by atoms with Gasteiger partial charge in [-0.25, -0.2) is 0 Å². The minimum Gasteiger partial charge on any atom is -0.489 e. The Morgan fingerprint density at radius 1 is 1.21 bits per heavy atom. The summed E-state index contributed by atoms with van der Waals surface area (Å²) in [6.45, 7) is 3.52. The molecule has 0 spiro atoms. The van der Waals surface area contributed by atoms with Crippen molar-refractivity contribution in [1.82, 2.24) is 13.8 Å². The third-order valence-electron chi connectivity index (χ3n) is 6.27. The van der Waals surface area contributed by atoms with Gasteiger partial charge in [0.25, 0.3) is 0 Å². The van der Waals surface area contributed by atoms with Gasteiger partial charge in [-0.3, -0.25) is 9.21 Å². The number of piperidine rings is 1. The number of benzene rings is 2. The molecule has 0 amide bonds. The van der Waals surface area contributed by atoms with E-state index < -0.39 is 0 Å². The predicted octanol–water partition coefficient (Wildman–Crippen LogP) is 5.95. The second kappa shape index (κ2) is 11.0. The number of ether oxygens (including phenoxy) is 1. The van der Waals surface area contributed by atoms with Gasteiger partial charge in [0.2, 0.25) is 0 Å². The molecule has 1 aliphatic rings. The van der Waals surface area contributed by atoms with E-state index in [1.54, 1.807) is 6.07 Å². The first-order chi connectivity index (χ1) is 16.0. The van der Waals surface area contributed by atoms with Gasteiger partial charge in [-0.1, -0.05) is 29.6 Å². The molecule has 2 heterocycles. The molecular weight excluding hydrogens is 475 g/mol. The molecule has 0 N–H and O–H groups in total. The number of nitrogens with zero attached hydrogens (tertiary/aromatic N) is 4. The fourth-order valence-electron chi connectivity index (χ4n) is 4.45. The van der Waals surface area contributed by atoms with Gasteiger partial charge in [0.15, 0.2) is 5.75 Å². The summed E-state index contributed by atoms with van der Waals surface area (Å²) in [6, 6.07) is 15.2. The van der Waals surface area contributed by atoms with Crippen LogP contribution in [0.4, 0.5) is 0 Å². The van der Waals surface area contributed by atoms with Crippen molar-refractivity contribution in [1.29, 1.82) is 5.26 Å². The van der Waals surface area contributed by atoms with Crippen LogP contribution < -0.4 is 4.74 Å². The minimum absolute atomic E-state index is 0.302. The van der Waals surface area contributed by atoms with E-state index in [-0.39, 0.29) is 0 Å². The van der Waals surface area contributed by atoms with E-state index in [9.17, 15) is 5.26 Å². The summed E-state index contributed by atoms with van der Waals surface area (Å²) < 4.78 is 10.0. The van der Waals surface area contributed by atoms with Gasteiger partial charge in [-0.05, 0) is 62.0 Å². The zero-order chi connectivity index (χ0) is 23.4. The van der Waals surface area contributed by atoms with Crippen molar-refractivity contribution in [3.8, 4) is 17.5 Å². The van der Waals surface area contributed by atoms with E-state index in [0.29, 0.717) is 34.9 Å². The molecule has 2 aromatic carbocycles. The Labute approximate surface area is 209 Å². The summed E-state index contributed by atoms with van der Waals surface area (Å²) >= 11 is 14.0. The normalized spacial score (nSPS) is 15.3. The molecule has 3 aromatic rings. The topological polar surface area (TPSA) is 44.4 Å². The smallest absolute Gasteiger partial charge is 0.155 e. The number of alkyl halides is 1. The molecule has 0 atom stereocenters. The Kier molecular flexibility index (Phi) is 8.11. The molecule has 4 rings (SSSR count). The highest BCUT2D eigenvalue weighted by Crippen LogP contribution is 2.33. The second-order valence-corrected chi connectivity index (χ2v) is 9.99. The van der Waals surface area contributed by atoms with Gasteiger partial charge in [-0.2, -0.15) is 5.26 Å². The van der Waals surface area contributed by atoms with Crippen molar-refractivity contribution in [2.24, 2.45) is 0 Å². The van der Waals surface area contributed by atoms with Gasteiger partial charge >= 0.3 is 0 Å². The van der Waals surface area contributed by atoms with Crippen LogP contribution in [0.1, 0.15) is 24.0 Å². The monoisotopic (exact) mass is 502 g/mol. The van der Waals surface area contributed by atoms with Gasteiger partial charge in [-0.15, -0.1) is 11.6 Å². The third-order valence-corrected chi connectivity index (χ3v) is 7.58. The number of hydrogen-bond donors (Lipinski definition) is 0. The summed E-state index contributed by atoms with van der Waals surface area (Å²) in [6.07, 6.45) is 6.59. The number of rotatable bonds is 8. The average molecular weight is 503 g/mol. The zero-order valence-electron chi connectivity index (χ0n) is 18.9.